The minimum Gasteiger partial charge on any atom is -0.480 e. The van der Waals surface area contributed by atoms with E-state index in [1.807, 2.05) is 24.3 Å². The molecule has 2 aliphatic carbocycles. The predicted molar refractivity (Wildman–Crippen MR) is 128 cm³/mol. The molecule has 4 rings (SSSR count). The van der Waals surface area contributed by atoms with Gasteiger partial charge in [-0.05, 0) is 53.4 Å². The maximum atomic E-state index is 12.5. The van der Waals surface area contributed by atoms with Crippen LogP contribution < -0.4 is 10.6 Å². The number of benzene rings is 2. The van der Waals surface area contributed by atoms with Crippen LogP contribution in [0.4, 0.5) is 4.79 Å². The van der Waals surface area contributed by atoms with Gasteiger partial charge in [-0.2, -0.15) is 0 Å². The molecule has 0 saturated heterocycles. The van der Waals surface area contributed by atoms with E-state index in [1.54, 1.807) is 0 Å². The molecule has 2 amide bonds. The number of nitrogens with one attached hydrogen (secondary N) is 2. The average Bonchev–Trinajstić information content (AvgIpc) is 3.51. The van der Waals surface area contributed by atoms with E-state index in [9.17, 15) is 19.5 Å². The lowest BCUT2D eigenvalue weighted by Gasteiger charge is -2.21. The molecule has 7 nitrogen and oxygen atoms in total. The van der Waals surface area contributed by atoms with E-state index in [4.69, 9.17) is 4.74 Å². The van der Waals surface area contributed by atoms with Crippen LogP contribution in [0.5, 0.6) is 0 Å². The summed E-state index contributed by atoms with van der Waals surface area (Å²) in [5, 5.41) is 14.8. The van der Waals surface area contributed by atoms with Crippen molar-refractivity contribution in [1.29, 1.82) is 0 Å². The molecule has 1 saturated carbocycles. The van der Waals surface area contributed by atoms with Crippen LogP contribution in [0.2, 0.25) is 0 Å². The first kappa shape index (κ1) is 23.8. The molecular weight excluding hydrogens is 432 g/mol. The Hall–Kier alpha value is -3.35. The Bertz CT molecular complexity index is 1030. The monoisotopic (exact) mass is 464 g/mol. The zero-order chi connectivity index (χ0) is 24.3. The van der Waals surface area contributed by atoms with Gasteiger partial charge in [-0.25, -0.2) is 9.59 Å². The summed E-state index contributed by atoms with van der Waals surface area (Å²) in [4.78, 5) is 36.3. The number of rotatable bonds is 10. The molecule has 0 spiro atoms. The van der Waals surface area contributed by atoms with E-state index in [0.717, 1.165) is 17.5 Å². The minimum atomic E-state index is -1.10. The highest BCUT2D eigenvalue weighted by Gasteiger charge is 2.51. The Balaban J connectivity index is 1.31. The minimum absolute atomic E-state index is 0.0128. The summed E-state index contributed by atoms with van der Waals surface area (Å²) < 4.78 is 5.59. The summed E-state index contributed by atoms with van der Waals surface area (Å²) in [5.41, 5.74) is 3.55. The van der Waals surface area contributed by atoms with Crippen LogP contribution in [0, 0.1) is 11.8 Å². The van der Waals surface area contributed by atoms with Crippen LogP contribution in [0.15, 0.2) is 48.5 Å². The van der Waals surface area contributed by atoms with Gasteiger partial charge in [0.1, 0.15) is 12.1 Å². The molecule has 0 aliphatic heterocycles. The number of carboxylic acids is 1. The van der Waals surface area contributed by atoms with Crippen molar-refractivity contribution in [3.63, 3.8) is 0 Å². The van der Waals surface area contributed by atoms with Gasteiger partial charge >= 0.3 is 12.1 Å². The zero-order valence-corrected chi connectivity index (χ0v) is 19.7. The van der Waals surface area contributed by atoms with Crippen molar-refractivity contribution in [1.82, 2.24) is 10.6 Å². The second-order valence-corrected chi connectivity index (χ2v) is 9.84. The van der Waals surface area contributed by atoms with Crippen molar-refractivity contribution in [3.8, 4) is 11.1 Å². The predicted octanol–water partition coefficient (Wildman–Crippen LogP) is 4.31. The third-order valence-corrected chi connectivity index (χ3v) is 6.70. The number of hydrogen-bond donors (Lipinski definition) is 3. The fraction of sp³-hybridized carbons (Fsp3) is 0.444. The molecule has 0 radical (unpaired) electrons. The topological polar surface area (TPSA) is 105 Å². The van der Waals surface area contributed by atoms with Crippen LogP contribution in [0.3, 0.4) is 0 Å². The fourth-order valence-corrected chi connectivity index (χ4v) is 4.88. The Labute approximate surface area is 199 Å². The third kappa shape index (κ3) is 5.24. The molecule has 180 valence electrons. The number of amides is 2. The van der Waals surface area contributed by atoms with Crippen LogP contribution in [-0.2, 0) is 14.3 Å². The second kappa shape index (κ2) is 9.87. The molecule has 1 unspecified atom stereocenters. The van der Waals surface area contributed by atoms with Gasteiger partial charge < -0.3 is 20.5 Å². The van der Waals surface area contributed by atoms with E-state index in [0.29, 0.717) is 25.3 Å². The van der Waals surface area contributed by atoms with E-state index < -0.39 is 17.6 Å². The van der Waals surface area contributed by atoms with Crippen molar-refractivity contribution in [2.75, 3.05) is 13.2 Å². The number of hydrogen-bond acceptors (Lipinski definition) is 4. The number of carbonyl (C=O) groups is 3. The highest BCUT2D eigenvalue weighted by molar-refractivity contribution is 5.89. The highest BCUT2D eigenvalue weighted by atomic mass is 16.5. The van der Waals surface area contributed by atoms with Crippen molar-refractivity contribution in [2.45, 2.75) is 51.0 Å². The SMILES string of the molecule is CC(C)CC(CNC(=O)OCC1c2ccccc2-c2ccccc21)CC(=O)NC1(C(=O)O)CC1. The number of aliphatic carboxylic acids is 1. The quantitative estimate of drug-likeness (QED) is 0.486. The van der Waals surface area contributed by atoms with Crippen LogP contribution in [0.25, 0.3) is 11.1 Å². The fourth-order valence-electron chi connectivity index (χ4n) is 4.88. The van der Waals surface area contributed by atoms with E-state index >= 15 is 0 Å². The molecular formula is C27H32N2O5. The van der Waals surface area contributed by atoms with Crippen LogP contribution in [-0.4, -0.2) is 41.8 Å². The van der Waals surface area contributed by atoms with Gasteiger partial charge in [-0.3, -0.25) is 4.79 Å². The Morgan fingerprint density at radius 2 is 1.62 bits per heavy atom. The zero-order valence-electron chi connectivity index (χ0n) is 19.7. The van der Waals surface area contributed by atoms with Gasteiger partial charge in [-0.1, -0.05) is 62.4 Å². The van der Waals surface area contributed by atoms with Crippen molar-refractivity contribution in [2.24, 2.45) is 11.8 Å². The molecule has 0 heterocycles. The third-order valence-electron chi connectivity index (χ3n) is 6.70. The molecule has 2 aliphatic rings. The normalized spacial score (nSPS) is 16.3. The van der Waals surface area contributed by atoms with Crippen LogP contribution in [0.1, 0.15) is 56.6 Å². The number of alkyl carbamates (subject to hydrolysis) is 1. The Morgan fingerprint density at radius 1 is 1.03 bits per heavy atom. The standard InChI is InChI=1S/C27H32N2O5/c1-17(2)13-18(14-24(30)29-27(11-12-27)25(31)32)15-28-26(33)34-16-23-21-9-5-3-7-19(21)20-8-4-6-10-22(20)23/h3-10,17-18,23H,11-16H2,1-2H3,(H,28,33)(H,29,30)(H,31,32). The summed E-state index contributed by atoms with van der Waals surface area (Å²) in [5.74, 6) is -1.07. The van der Waals surface area contributed by atoms with E-state index in [1.165, 1.54) is 11.1 Å². The lowest BCUT2D eigenvalue weighted by Crippen LogP contribution is -2.44. The lowest BCUT2D eigenvalue weighted by atomic mass is 9.93. The van der Waals surface area contributed by atoms with E-state index in [-0.39, 0.29) is 30.8 Å². The smallest absolute Gasteiger partial charge is 0.407 e. The molecule has 0 aromatic heterocycles. The molecule has 1 atom stereocenters. The summed E-state index contributed by atoms with van der Waals surface area (Å²) >= 11 is 0. The summed E-state index contributed by atoms with van der Waals surface area (Å²) in [6, 6.07) is 16.3. The van der Waals surface area contributed by atoms with Gasteiger partial charge in [0, 0.05) is 18.9 Å². The Morgan fingerprint density at radius 3 is 2.15 bits per heavy atom. The number of ether oxygens (including phenoxy) is 1. The molecule has 0 bridgehead atoms. The van der Waals surface area contributed by atoms with Crippen molar-refractivity contribution < 1.29 is 24.2 Å². The first-order valence-electron chi connectivity index (χ1n) is 11.9. The summed E-state index contributed by atoms with van der Waals surface area (Å²) in [7, 11) is 0. The maximum absolute atomic E-state index is 12.5. The largest absolute Gasteiger partial charge is 0.480 e. The second-order valence-electron chi connectivity index (χ2n) is 9.84. The van der Waals surface area contributed by atoms with Crippen LogP contribution >= 0.6 is 0 Å². The van der Waals surface area contributed by atoms with Gasteiger partial charge in [-0.15, -0.1) is 0 Å². The van der Waals surface area contributed by atoms with Gasteiger partial charge in [0.15, 0.2) is 0 Å². The first-order chi connectivity index (χ1) is 16.3. The first-order valence-corrected chi connectivity index (χ1v) is 11.9. The molecule has 2 aromatic carbocycles. The molecule has 34 heavy (non-hydrogen) atoms. The van der Waals surface area contributed by atoms with Gasteiger partial charge in [0.25, 0.3) is 0 Å². The number of carboxylic acid groups (broad SMARTS) is 1. The molecule has 7 heteroatoms. The number of fused-ring (bicyclic) bond motifs is 3. The number of carbonyl (C=O) groups excluding carboxylic acids is 2. The summed E-state index contributed by atoms with van der Waals surface area (Å²) in [6.45, 7) is 4.63. The molecule has 1 fully saturated rings. The summed E-state index contributed by atoms with van der Waals surface area (Å²) in [6.07, 6.45) is 1.30. The molecule has 2 aromatic rings. The lowest BCUT2D eigenvalue weighted by molar-refractivity contribution is -0.143. The Kier molecular flexibility index (Phi) is 6.91. The van der Waals surface area contributed by atoms with Crippen molar-refractivity contribution >= 4 is 18.0 Å². The maximum Gasteiger partial charge on any atom is 0.407 e. The van der Waals surface area contributed by atoms with E-state index in [2.05, 4.69) is 48.7 Å². The van der Waals surface area contributed by atoms with Crippen molar-refractivity contribution in [3.05, 3.63) is 59.7 Å². The van der Waals surface area contributed by atoms with Gasteiger partial charge in [0.05, 0.1) is 0 Å². The highest BCUT2D eigenvalue weighted by Crippen LogP contribution is 2.44. The van der Waals surface area contributed by atoms with Gasteiger partial charge in [0.2, 0.25) is 5.91 Å². The molecule has 3 N–H and O–H groups in total. The average molecular weight is 465 g/mol.